The Hall–Kier alpha value is -1.89. The van der Waals surface area contributed by atoms with E-state index in [1.165, 1.54) is 7.11 Å². The van der Waals surface area contributed by atoms with Crippen molar-refractivity contribution in [2.75, 3.05) is 20.2 Å². The molecule has 0 aliphatic carbocycles. The zero-order valence-electron chi connectivity index (χ0n) is 13.3. The topological polar surface area (TPSA) is 63.6 Å². The van der Waals surface area contributed by atoms with Gasteiger partial charge in [0.15, 0.2) is 5.11 Å². The standard InChI is InChI=1S/C16H21N3O3S/c1-10(15(21)22-2)17-16(23)18-7-11-6-12(9-18)13-4-3-5-14(20)19(13)8-11/h3-5,10-12H,6-9H2,1-2H3,(H,17,23)/t10-,11-,12-/m1/s1. The number of hydrogen-bond donors (Lipinski definition) is 1. The number of piperidine rings is 1. The number of esters is 1. The van der Waals surface area contributed by atoms with Crippen LogP contribution in [0.5, 0.6) is 0 Å². The largest absolute Gasteiger partial charge is 0.467 e. The SMILES string of the molecule is COC(=O)[C@@H](C)NC(=S)N1C[C@H]2C[C@H](C1)c1cccc(=O)n1C2. The molecule has 0 amide bonds. The number of fused-ring (bicyclic) bond motifs is 4. The minimum absolute atomic E-state index is 0.0747. The van der Waals surface area contributed by atoms with Gasteiger partial charge in [0.1, 0.15) is 6.04 Å². The average Bonchev–Trinajstić information content (AvgIpc) is 2.54. The molecule has 3 atom stereocenters. The van der Waals surface area contributed by atoms with Crippen LogP contribution in [-0.4, -0.2) is 46.8 Å². The van der Waals surface area contributed by atoms with Crippen LogP contribution in [0.25, 0.3) is 0 Å². The first-order valence-corrected chi connectivity index (χ1v) is 8.23. The number of pyridine rings is 1. The van der Waals surface area contributed by atoms with Crippen LogP contribution < -0.4 is 10.9 Å². The van der Waals surface area contributed by atoms with E-state index in [1.54, 1.807) is 13.0 Å². The van der Waals surface area contributed by atoms with Crippen LogP contribution >= 0.6 is 12.2 Å². The van der Waals surface area contributed by atoms with Gasteiger partial charge in [0.2, 0.25) is 0 Å². The van der Waals surface area contributed by atoms with Crippen molar-refractivity contribution in [2.24, 2.45) is 5.92 Å². The van der Waals surface area contributed by atoms with Crippen LogP contribution in [0.3, 0.4) is 0 Å². The second-order valence-corrected chi connectivity index (χ2v) is 6.68. The van der Waals surface area contributed by atoms with Gasteiger partial charge in [0.25, 0.3) is 5.56 Å². The molecule has 1 aromatic heterocycles. The van der Waals surface area contributed by atoms with E-state index in [4.69, 9.17) is 17.0 Å². The normalized spacial score (nSPS) is 23.7. The third kappa shape index (κ3) is 3.10. The molecule has 2 aliphatic heterocycles. The first-order chi connectivity index (χ1) is 11.0. The number of carbonyl (C=O) groups is 1. The Labute approximate surface area is 140 Å². The summed E-state index contributed by atoms with van der Waals surface area (Å²) in [6.45, 7) is 4.03. The Morgan fingerprint density at radius 3 is 2.91 bits per heavy atom. The summed E-state index contributed by atoms with van der Waals surface area (Å²) < 4.78 is 6.61. The number of rotatable bonds is 2. The highest BCUT2D eigenvalue weighted by atomic mass is 32.1. The van der Waals surface area contributed by atoms with Crippen molar-refractivity contribution in [3.05, 3.63) is 34.2 Å². The lowest BCUT2D eigenvalue weighted by atomic mass is 9.83. The van der Waals surface area contributed by atoms with Crippen LogP contribution in [0.15, 0.2) is 23.0 Å². The van der Waals surface area contributed by atoms with Gasteiger partial charge in [-0.25, -0.2) is 4.79 Å². The zero-order chi connectivity index (χ0) is 16.6. The van der Waals surface area contributed by atoms with Crippen molar-refractivity contribution in [3.8, 4) is 0 Å². The van der Waals surface area contributed by atoms with E-state index in [0.29, 0.717) is 16.9 Å². The number of likely N-dealkylation sites (tertiary alicyclic amines) is 1. The third-order valence-corrected chi connectivity index (χ3v) is 5.04. The van der Waals surface area contributed by atoms with Gasteiger partial charge in [-0.05, 0) is 37.5 Å². The molecule has 1 fully saturated rings. The molecule has 0 spiro atoms. The lowest BCUT2D eigenvalue weighted by Crippen LogP contribution is -2.54. The van der Waals surface area contributed by atoms with E-state index in [0.717, 1.165) is 31.7 Å². The Bertz CT molecular complexity index is 687. The summed E-state index contributed by atoms with van der Waals surface area (Å²) in [6.07, 6.45) is 1.08. The molecule has 124 valence electrons. The third-order valence-electron chi connectivity index (χ3n) is 4.66. The van der Waals surface area contributed by atoms with Gasteiger partial charge in [-0.2, -0.15) is 0 Å². The number of thiocarbonyl (C=S) groups is 1. The van der Waals surface area contributed by atoms with Gasteiger partial charge in [0.05, 0.1) is 7.11 Å². The summed E-state index contributed by atoms with van der Waals surface area (Å²) in [4.78, 5) is 25.7. The summed E-state index contributed by atoms with van der Waals surface area (Å²) in [6, 6.07) is 5.00. The van der Waals surface area contributed by atoms with E-state index in [2.05, 4.69) is 10.2 Å². The van der Waals surface area contributed by atoms with E-state index in [1.807, 2.05) is 16.7 Å². The smallest absolute Gasteiger partial charge is 0.328 e. The van der Waals surface area contributed by atoms with Crippen LogP contribution in [0, 0.1) is 5.92 Å². The predicted octanol–water partition coefficient (Wildman–Crippen LogP) is 0.703. The van der Waals surface area contributed by atoms with Crippen molar-refractivity contribution in [2.45, 2.75) is 31.8 Å². The Morgan fingerprint density at radius 1 is 1.39 bits per heavy atom. The van der Waals surface area contributed by atoms with Gasteiger partial charge in [-0.15, -0.1) is 0 Å². The summed E-state index contributed by atoms with van der Waals surface area (Å²) in [5.41, 5.74) is 1.16. The number of hydrogen-bond acceptors (Lipinski definition) is 4. The number of aromatic nitrogens is 1. The molecule has 3 rings (SSSR count). The summed E-state index contributed by atoms with van der Waals surface area (Å²) >= 11 is 5.46. The fourth-order valence-corrected chi connectivity index (χ4v) is 3.90. The number of ether oxygens (including phenoxy) is 1. The quantitative estimate of drug-likeness (QED) is 0.634. The molecule has 7 heteroatoms. The molecule has 1 N–H and O–H groups in total. The van der Waals surface area contributed by atoms with Crippen LogP contribution in [0.4, 0.5) is 0 Å². The number of nitrogens with zero attached hydrogens (tertiary/aromatic N) is 2. The molecule has 2 aliphatic rings. The minimum atomic E-state index is -0.468. The van der Waals surface area contributed by atoms with Gasteiger partial charge in [-0.1, -0.05) is 6.07 Å². The summed E-state index contributed by atoms with van der Waals surface area (Å²) in [7, 11) is 1.36. The van der Waals surface area contributed by atoms with Gasteiger partial charge >= 0.3 is 5.97 Å². The molecule has 2 bridgehead atoms. The maximum Gasteiger partial charge on any atom is 0.328 e. The molecule has 1 aromatic rings. The molecule has 0 saturated carbocycles. The highest BCUT2D eigenvalue weighted by molar-refractivity contribution is 7.80. The fourth-order valence-electron chi connectivity index (χ4n) is 3.57. The number of methoxy groups -OCH3 is 1. The highest BCUT2D eigenvalue weighted by Gasteiger charge is 2.35. The predicted molar refractivity (Wildman–Crippen MR) is 90.3 cm³/mol. The lowest BCUT2D eigenvalue weighted by molar-refractivity contribution is -0.142. The molecular formula is C16H21N3O3S. The van der Waals surface area contributed by atoms with Gasteiger partial charge in [0, 0.05) is 37.3 Å². The monoisotopic (exact) mass is 335 g/mol. The van der Waals surface area contributed by atoms with Gasteiger partial charge in [-0.3, -0.25) is 4.79 Å². The van der Waals surface area contributed by atoms with Crippen LogP contribution in [-0.2, 0) is 16.1 Å². The Morgan fingerprint density at radius 2 is 2.17 bits per heavy atom. The van der Waals surface area contributed by atoms with Crippen LogP contribution in [0.1, 0.15) is 25.0 Å². The summed E-state index contributed by atoms with van der Waals surface area (Å²) in [5, 5.41) is 3.61. The maximum absolute atomic E-state index is 12.0. The Balaban J connectivity index is 1.74. The molecule has 6 nitrogen and oxygen atoms in total. The second-order valence-electron chi connectivity index (χ2n) is 6.30. The van der Waals surface area contributed by atoms with Crippen molar-refractivity contribution >= 4 is 23.3 Å². The number of carbonyl (C=O) groups excluding carboxylic acids is 1. The van der Waals surface area contributed by atoms with E-state index in [9.17, 15) is 9.59 Å². The molecule has 3 heterocycles. The Kier molecular flexibility index (Phi) is 4.39. The molecular weight excluding hydrogens is 314 g/mol. The second kappa shape index (κ2) is 6.31. The molecule has 23 heavy (non-hydrogen) atoms. The fraction of sp³-hybridized carbons (Fsp3) is 0.562. The first-order valence-electron chi connectivity index (χ1n) is 7.82. The summed E-state index contributed by atoms with van der Waals surface area (Å²) in [5.74, 6) is 0.362. The van der Waals surface area contributed by atoms with E-state index in [-0.39, 0.29) is 11.5 Å². The maximum atomic E-state index is 12.0. The molecule has 0 unspecified atom stereocenters. The lowest BCUT2D eigenvalue weighted by Gasteiger charge is -2.43. The van der Waals surface area contributed by atoms with Crippen molar-refractivity contribution < 1.29 is 9.53 Å². The highest BCUT2D eigenvalue weighted by Crippen LogP contribution is 2.34. The first kappa shape index (κ1) is 16.0. The zero-order valence-corrected chi connectivity index (χ0v) is 14.1. The number of nitrogens with one attached hydrogen (secondary N) is 1. The molecule has 0 aromatic carbocycles. The van der Waals surface area contributed by atoms with Crippen molar-refractivity contribution in [1.82, 2.24) is 14.8 Å². The van der Waals surface area contributed by atoms with Crippen molar-refractivity contribution in [3.63, 3.8) is 0 Å². The van der Waals surface area contributed by atoms with E-state index >= 15 is 0 Å². The van der Waals surface area contributed by atoms with Crippen molar-refractivity contribution in [1.29, 1.82) is 0 Å². The molecule has 0 radical (unpaired) electrons. The minimum Gasteiger partial charge on any atom is -0.467 e. The van der Waals surface area contributed by atoms with Gasteiger partial charge < -0.3 is 19.5 Å². The van der Waals surface area contributed by atoms with Crippen LogP contribution in [0.2, 0.25) is 0 Å². The molecule has 1 saturated heterocycles. The van der Waals surface area contributed by atoms with E-state index < -0.39 is 6.04 Å². The average molecular weight is 335 g/mol.